The lowest BCUT2D eigenvalue weighted by molar-refractivity contribution is -0.119. The van der Waals surface area contributed by atoms with Gasteiger partial charge in [-0.2, -0.15) is 0 Å². The van der Waals surface area contributed by atoms with Crippen LogP contribution in [0.2, 0.25) is 5.02 Å². The smallest absolute Gasteiger partial charge is 0.236 e. The Kier molecular flexibility index (Phi) is 5.63. The molecule has 5 nitrogen and oxygen atoms in total. The summed E-state index contributed by atoms with van der Waals surface area (Å²) in [4.78, 5) is 11.3. The molecular formula is C16H17ClN2O3S. The molecule has 23 heavy (non-hydrogen) atoms. The monoisotopic (exact) mass is 352 g/mol. The lowest BCUT2D eigenvalue weighted by Crippen LogP contribution is -2.20. The first-order chi connectivity index (χ1) is 10.9. The molecular weight excluding hydrogens is 336 g/mol. The molecule has 2 N–H and O–H groups in total. The SMILES string of the molecule is CNC(=O)Cc1ccc(NS(=O)(=O)Cc2ccc(Cl)cc2)cc1. The minimum atomic E-state index is -3.51. The molecule has 0 bridgehead atoms. The molecule has 2 rings (SSSR count). The molecule has 1 amide bonds. The molecule has 2 aromatic rings. The maximum atomic E-state index is 12.2. The summed E-state index contributed by atoms with van der Waals surface area (Å²) in [6.45, 7) is 0. The number of sulfonamides is 1. The summed E-state index contributed by atoms with van der Waals surface area (Å²) in [6.07, 6.45) is 0.258. The molecule has 0 heterocycles. The predicted molar refractivity (Wildman–Crippen MR) is 91.9 cm³/mol. The van der Waals surface area contributed by atoms with Crippen molar-refractivity contribution in [3.05, 3.63) is 64.7 Å². The Balaban J connectivity index is 2.02. The number of halogens is 1. The van der Waals surface area contributed by atoms with Gasteiger partial charge < -0.3 is 5.32 Å². The van der Waals surface area contributed by atoms with Crippen molar-refractivity contribution in [3.8, 4) is 0 Å². The molecule has 0 atom stereocenters. The zero-order chi connectivity index (χ0) is 16.9. The number of likely N-dealkylation sites (N-methyl/N-ethyl adjacent to an activating group) is 1. The molecule has 7 heteroatoms. The molecule has 0 saturated carbocycles. The van der Waals surface area contributed by atoms with Crippen LogP contribution >= 0.6 is 11.6 Å². The standard InChI is InChI=1S/C16H17ClN2O3S/c1-18-16(20)10-12-4-8-15(9-5-12)19-23(21,22)11-13-2-6-14(17)7-3-13/h2-9,19H,10-11H2,1H3,(H,18,20). The Morgan fingerprint density at radius 1 is 1.00 bits per heavy atom. The van der Waals surface area contributed by atoms with Crippen LogP contribution in [0.4, 0.5) is 5.69 Å². The van der Waals surface area contributed by atoms with Gasteiger partial charge in [0.2, 0.25) is 15.9 Å². The summed E-state index contributed by atoms with van der Waals surface area (Å²) in [5, 5.41) is 3.10. The van der Waals surface area contributed by atoms with E-state index >= 15 is 0 Å². The summed E-state index contributed by atoms with van der Waals surface area (Å²) >= 11 is 5.78. The van der Waals surface area contributed by atoms with Gasteiger partial charge in [-0.05, 0) is 35.4 Å². The zero-order valence-electron chi connectivity index (χ0n) is 12.5. The highest BCUT2D eigenvalue weighted by Crippen LogP contribution is 2.16. The topological polar surface area (TPSA) is 75.3 Å². The van der Waals surface area contributed by atoms with Crippen LogP contribution in [0, 0.1) is 0 Å². The lowest BCUT2D eigenvalue weighted by atomic mass is 10.1. The summed E-state index contributed by atoms with van der Waals surface area (Å²) in [5.41, 5.74) is 1.92. The molecule has 0 spiro atoms. The van der Waals surface area contributed by atoms with E-state index in [2.05, 4.69) is 10.0 Å². The summed E-state index contributed by atoms with van der Waals surface area (Å²) < 4.78 is 26.8. The van der Waals surface area contributed by atoms with E-state index in [4.69, 9.17) is 11.6 Å². The van der Waals surface area contributed by atoms with Gasteiger partial charge in [0.05, 0.1) is 12.2 Å². The van der Waals surface area contributed by atoms with Crippen LogP contribution in [0.15, 0.2) is 48.5 Å². The fourth-order valence-corrected chi connectivity index (χ4v) is 3.30. The highest BCUT2D eigenvalue weighted by Gasteiger charge is 2.12. The van der Waals surface area contributed by atoms with Crippen LogP contribution in [0.3, 0.4) is 0 Å². The number of carbonyl (C=O) groups is 1. The number of hydrogen-bond acceptors (Lipinski definition) is 3. The number of carbonyl (C=O) groups excluding carboxylic acids is 1. The Hall–Kier alpha value is -2.05. The minimum Gasteiger partial charge on any atom is -0.359 e. The molecule has 0 aromatic heterocycles. The summed E-state index contributed by atoms with van der Waals surface area (Å²) in [5.74, 6) is -0.231. The molecule has 0 aliphatic rings. The average molecular weight is 353 g/mol. The van der Waals surface area contributed by atoms with Crippen molar-refractivity contribution in [2.75, 3.05) is 11.8 Å². The lowest BCUT2D eigenvalue weighted by Gasteiger charge is -2.09. The third kappa shape index (κ3) is 5.58. The maximum Gasteiger partial charge on any atom is 0.236 e. The van der Waals surface area contributed by atoms with Gasteiger partial charge in [0.1, 0.15) is 0 Å². The number of benzene rings is 2. The van der Waals surface area contributed by atoms with Crippen LogP contribution in [-0.2, 0) is 27.0 Å². The van der Waals surface area contributed by atoms with Gasteiger partial charge in [0, 0.05) is 17.8 Å². The Morgan fingerprint density at radius 2 is 1.57 bits per heavy atom. The van der Waals surface area contributed by atoms with E-state index in [9.17, 15) is 13.2 Å². The van der Waals surface area contributed by atoms with E-state index in [-0.39, 0.29) is 18.1 Å². The summed E-state index contributed by atoms with van der Waals surface area (Å²) in [7, 11) is -1.94. The van der Waals surface area contributed by atoms with Crippen molar-refractivity contribution in [2.45, 2.75) is 12.2 Å². The Bertz CT molecular complexity index is 772. The predicted octanol–water partition coefficient (Wildman–Crippen LogP) is 2.57. The van der Waals surface area contributed by atoms with Gasteiger partial charge in [0.25, 0.3) is 0 Å². The molecule has 0 aliphatic heterocycles. The van der Waals surface area contributed by atoms with Crippen molar-refractivity contribution in [1.82, 2.24) is 5.32 Å². The molecule has 0 fully saturated rings. The first kappa shape index (κ1) is 17.3. The van der Waals surface area contributed by atoms with Gasteiger partial charge in [-0.1, -0.05) is 35.9 Å². The number of rotatable bonds is 6. The van der Waals surface area contributed by atoms with E-state index in [1.807, 2.05) is 0 Å². The van der Waals surface area contributed by atoms with Crippen molar-refractivity contribution < 1.29 is 13.2 Å². The largest absolute Gasteiger partial charge is 0.359 e. The highest BCUT2D eigenvalue weighted by atomic mass is 35.5. The first-order valence-corrected chi connectivity index (χ1v) is 8.95. The van der Waals surface area contributed by atoms with E-state index in [0.29, 0.717) is 16.3 Å². The van der Waals surface area contributed by atoms with Crippen molar-refractivity contribution in [1.29, 1.82) is 0 Å². The highest BCUT2D eigenvalue weighted by molar-refractivity contribution is 7.91. The van der Waals surface area contributed by atoms with Crippen LogP contribution in [0.1, 0.15) is 11.1 Å². The van der Waals surface area contributed by atoms with Gasteiger partial charge >= 0.3 is 0 Å². The number of nitrogens with one attached hydrogen (secondary N) is 2. The number of hydrogen-bond donors (Lipinski definition) is 2. The van der Waals surface area contributed by atoms with Gasteiger partial charge in [0.15, 0.2) is 0 Å². The second-order valence-corrected chi connectivity index (χ2v) is 7.19. The third-order valence-corrected chi connectivity index (χ3v) is 4.65. The minimum absolute atomic E-state index is 0.0962. The van der Waals surface area contributed by atoms with Gasteiger partial charge in [-0.25, -0.2) is 8.42 Å². The van der Waals surface area contributed by atoms with Gasteiger partial charge in [-0.3, -0.25) is 9.52 Å². The second-order valence-electron chi connectivity index (χ2n) is 5.03. The molecule has 0 aliphatic carbocycles. The Morgan fingerprint density at radius 3 is 2.13 bits per heavy atom. The molecule has 122 valence electrons. The normalized spacial score (nSPS) is 11.0. The second kappa shape index (κ2) is 7.48. The third-order valence-electron chi connectivity index (χ3n) is 3.14. The Labute approximate surface area is 140 Å². The van der Waals surface area contributed by atoms with E-state index in [1.54, 1.807) is 55.6 Å². The first-order valence-electron chi connectivity index (χ1n) is 6.92. The van der Waals surface area contributed by atoms with Crippen LogP contribution in [0.5, 0.6) is 0 Å². The molecule has 0 unspecified atom stereocenters. The maximum absolute atomic E-state index is 12.2. The number of amides is 1. The van der Waals surface area contributed by atoms with Crippen LogP contribution < -0.4 is 10.0 Å². The zero-order valence-corrected chi connectivity index (χ0v) is 14.1. The average Bonchev–Trinajstić information content (AvgIpc) is 2.51. The van der Waals surface area contributed by atoms with E-state index in [0.717, 1.165) is 5.56 Å². The van der Waals surface area contributed by atoms with Crippen molar-refractivity contribution in [3.63, 3.8) is 0 Å². The van der Waals surface area contributed by atoms with Crippen LogP contribution in [0.25, 0.3) is 0 Å². The van der Waals surface area contributed by atoms with Gasteiger partial charge in [-0.15, -0.1) is 0 Å². The van der Waals surface area contributed by atoms with Crippen molar-refractivity contribution >= 4 is 33.2 Å². The summed E-state index contributed by atoms with van der Waals surface area (Å²) in [6, 6.07) is 13.4. The van der Waals surface area contributed by atoms with E-state index in [1.165, 1.54) is 0 Å². The van der Waals surface area contributed by atoms with Crippen molar-refractivity contribution in [2.24, 2.45) is 0 Å². The fraction of sp³-hybridized carbons (Fsp3) is 0.188. The molecule has 0 radical (unpaired) electrons. The number of anilines is 1. The quantitative estimate of drug-likeness (QED) is 0.839. The fourth-order valence-electron chi connectivity index (χ4n) is 1.98. The van der Waals surface area contributed by atoms with E-state index < -0.39 is 10.0 Å². The molecule has 0 saturated heterocycles. The molecule has 2 aromatic carbocycles. The van der Waals surface area contributed by atoms with Crippen LogP contribution in [-0.4, -0.2) is 21.4 Å².